The Labute approximate surface area is 164 Å². The summed E-state index contributed by atoms with van der Waals surface area (Å²) in [6, 6.07) is 15.6. The molecular weight excluding hydrogens is 360 g/mol. The van der Waals surface area contributed by atoms with E-state index in [-0.39, 0.29) is 6.54 Å². The first kappa shape index (κ1) is 21.1. The van der Waals surface area contributed by atoms with E-state index in [2.05, 4.69) is 15.4 Å². The third-order valence-corrected chi connectivity index (χ3v) is 4.57. The molecule has 2 rings (SSSR count). The molecule has 0 spiro atoms. The zero-order chi connectivity index (χ0) is 20.6. The fourth-order valence-electron chi connectivity index (χ4n) is 2.81. The predicted octanol–water partition coefficient (Wildman–Crippen LogP) is 2.48. The molecule has 0 aliphatic rings. The van der Waals surface area contributed by atoms with Crippen molar-refractivity contribution in [1.82, 2.24) is 5.32 Å². The number of nitrogens with one attached hydrogen (secondary N) is 2. The van der Waals surface area contributed by atoms with Crippen LogP contribution in [0.4, 0.5) is 5.69 Å². The molecule has 2 amide bonds. The zero-order valence-corrected chi connectivity index (χ0v) is 16.2. The summed E-state index contributed by atoms with van der Waals surface area (Å²) in [5.41, 5.74) is 0.934. The van der Waals surface area contributed by atoms with Crippen LogP contribution >= 0.6 is 0 Å². The third kappa shape index (κ3) is 4.95. The van der Waals surface area contributed by atoms with Crippen LogP contribution < -0.4 is 10.6 Å². The highest BCUT2D eigenvalue weighted by atomic mass is 16.5. The second-order valence-electron chi connectivity index (χ2n) is 6.12. The van der Waals surface area contributed by atoms with Gasteiger partial charge >= 0.3 is 17.8 Å². The summed E-state index contributed by atoms with van der Waals surface area (Å²) in [7, 11) is 2.86. The molecule has 0 aliphatic heterocycles. The Balaban J connectivity index is 1.99. The summed E-state index contributed by atoms with van der Waals surface area (Å²) in [6.45, 7) is 2.10. The first-order valence-corrected chi connectivity index (χ1v) is 8.84. The van der Waals surface area contributed by atoms with Gasteiger partial charge in [-0.25, -0.2) is 4.79 Å². The largest absolute Gasteiger partial charge is 0.465 e. The van der Waals surface area contributed by atoms with Crippen molar-refractivity contribution < 1.29 is 23.9 Å². The van der Waals surface area contributed by atoms with Crippen molar-refractivity contribution in [2.45, 2.75) is 18.9 Å². The van der Waals surface area contributed by atoms with Gasteiger partial charge in [0.15, 0.2) is 0 Å². The van der Waals surface area contributed by atoms with Crippen molar-refractivity contribution in [3.63, 3.8) is 0 Å². The number of hydrogen-bond donors (Lipinski definition) is 2. The Bertz CT molecular complexity index is 814. The van der Waals surface area contributed by atoms with Gasteiger partial charge in [0.05, 0.1) is 19.2 Å². The van der Waals surface area contributed by atoms with Gasteiger partial charge in [-0.3, -0.25) is 9.59 Å². The topological polar surface area (TPSA) is 93.7 Å². The van der Waals surface area contributed by atoms with Gasteiger partial charge in [0.1, 0.15) is 5.60 Å². The van der Waals surface area contributed by atoms with Crippen molar-refractivity contribution >= 4 is 23.5 Å². The molecular formula is C21H24N2O5. The van der Waals surface area contributed by atoms with Crippen molar-refractivity contribution in [1.29, 1.82) is 0 Å². The summed E-state index contributed by atoms with van der Waals surface area (Å²) < 4.78 is 10.3. The first-order chi connectivity index (χ1) is 13.5. The first-order valence-electron chi connectivity index (χ1n) is 8.84. The molecule has 0 aliphatic carbocycles. The molecule has 2 N–H and O–H groups in total. The van der Waals surface area contributed by atoms with Gasteiger partial charge in [-0.2, -0.15) is 0 Å². The highest BCUT2D eigenvalue weighted by molar-refractivity contribution is 6.39. The van der Waals surface area contributed by atoms with Gasteiger partial charge in [-0.1, -0.05) is 37.3 Å². The highest BCUT2D eigenvalue weighted by Crippen LogP contribution is 2.28. The lowest BCUT2D eigenvalue weighted by molar-refractivity contribution is -0.137. The molecule has 148 valence electrons. The Kier molecular flexibility index (Phi) is 7.28. The second-order valence-corrected chi connectivity index (χ2v) is 6.12. The average Bonchev–Trinajstić information content (AvgIpc) is 2.75. The highest BCUT2D eigenvalue weighted by Gasteiger charge is 2.31. The molecule has 28 heavy (non-hydrogen) atoms. The summed E-state index contributed by atoms with van der Waals surface area (Å²) in [6.07, 6.45) is 0.615. The molecule has 0 unspecified atom stereocenters. The van der Waals surface area contributed by atoms with E-state index < -0.39 is 23.4 Å². The number of methoxy groups -OCH3 is 2. The number of benzene rings is 2. The van der Waals surface area contributed by atoms with Crippen molar-refractivity contribution in [3.05, 3.63) is 65.7 Å². The SMILES string of the molecule is CC[C@](CNC(=O)C(=O)Nc1ccc(C(=O)OC)cc1)(OC)c1ccccc1. The number of rotatable bonds is 7. The Hall–Kier alpha value is -3.19. The van der Waals surface area contributed by atoms with E-state index in [1.807, 2.05) is 37.3 Å². The van der Waals surface area contributed by atoms with Crippen LogP contribution in [0.25, 0.3) is 0 Å². The van der Waals surface area contributed by atoms with Gasteiger partial charge in [0, 0.05) is 12.8 Å². The van der Waals surface area contributed by atoms with E-state index in [0.29, 0.717) is 17.7 Å². The molecule has 2 aromatic rings. The van der Waals surface area contributed by atoms with Crippen LogP contribution in [0.15, 0.2) is 54.6 Å². The molecule has 0 fully saturated rings. The summed E-state index contributed by atoms with van der Waals surface area (Å²) in [4.78, 5) is 35.8. The summed E-state index contributed by atoms with van der Waals surface area (Å²) >= 11 is 0. The van der Waals surface area contributed by atoms with Crippen molar-refractivity contribution in [3.8, 4) is 0 Å². The fourth-order valence-corrected chi connectivity index (χ4v) is 2.81. The van der Waals surface area contributed by atoms with Crippen LogP contribution in [-0.2, 0) is 24.7 Å². The minimum Gasteiger partial charge on any atom is -0.465 e. The van der Waals surface area contributed by atoms with Crippen molar-refractivity contribution in [2.75, 3.05) is 26.1 Å². The molecule has 0 radical (unpaired) electrons. The third-order valence-electron chi connectivity index (χ3n) is 4.57. The maximum Gasteiger partial charge on any atom is 0.337 e. The van der Waals surface area contributed by atoms with Gasteiger partial charge in [0.2, 0.25) is 0 Å². The minimum absolute atomic E-state index is 0.150. The fraction of sp³-hybridized carbons (Fsp3) is 0.286. The Morgan fingerprint density at radius 1 is 0.929 bits per heavy atom. The second kappa shape index (κ2) is 9.66. The van der Waals surface area contributed by atoms with Crippen LogP contribution in [0.1, 0.15) is 29.3 Å². The lowest BCUT2D eigenvalue weighted by atomic mass is 9.90. The monoisotopic (exact) mass is 384 g/mol. The summed E-state index contributed by atoms with van der Waals surface area (Å²) in [5, 5.41) is 5.13. The normalized spacial score (nSPS) is 12.5. The van der Waals surface area contributed by atoms with E-state index in [1.54, 1.807) is 7.11 Å². The van der Waals surface area contributed by atoms with Gasteiger partial charge < -0.3 is 20.1 Å². The quantitative estimate of drug-likeness (QED) is 0.565. The summed E-state index contributed by atoms with van der Waals surface area (Å²) in [5.74, 6) is -2.06. The lowest BCUT2D eigenvalue weighted by Crippen LogP contribution is -2.45. The van der Waals surface area contributed by atoms with Crippen LogP contribution in [0.3, 0.4) is 0 Å². The lowest BCUT2D eigenvalue weighted by Gasteiger charge is -2.32. The molecule has 0 heterocycles. The number of amides is 2. The number of anilines is 1. The number of ether oxygens (including phenoxy) is 2. The van der Waals surface area contributed by atoms with Gasteiger partial charge in [0.25, 0.3) is 0 Å². The minimum atomic E-state index is -0.806. The Morgan fingerprint density at radius 2 is 1.57 bits per heavy atom. The maximum atomic E-state index is 12.2. The van der Waals surface area contributed by atoms with Gasteiger partial charge in [-0.15, -0.1) is 0 Å². The van der Waals surface area contributed by atoms with Crippen LogP contribution in [-0.4, -0.2) is 38.5 Å². The van der Waals surface area contributed by atoms with Crippen molar-refractivity contribution in [2.24, 2.45) is 0 Å². The van der Waals surface area contributed by atoms with Crippen LogP contribution in [0.5, 0.6) is 0 Å². The van der Waals surface area contributed by atoms with Crippen LogP contribution in [0, 0.1) is 0 Å². The number of esters is 1. The molecule has 2 aromatic carbocycles. The smallest absolute Gasteiger partial charge is 0.337 e. The average molecular weight is 384 g/mol. The zero-order valence-electron chi connectivity index (χ0n) is 16.2. The standard InChI is InChI=1S/C21H24N2O5/c1-4-21(28-3,16-8-6-5-7-9-16)14-22-18(24)19(25)23-17-12-10-15(11-13-17)20(26)27-2/h5-13H,4,14H2,1-3H3,(H,22,24)(H,23,25)/t21-/m1/s1. The van der Waals surface area contributed by atoms with E-state index in [0.717, 1.165) is 5.56 Å². The molecule has 7 nitrogen and oxygen atoms in total. The van der Waals surface area contributed by atoms with E-state index in [4.69, 9.17) is 4.74 Å². The number of hydrogen-bond acceptors (Lipinski definition) is 5. The molecule has 7 heteroatoms. The van der Waals surface area contributed by atoms with Gasteiger partial charge in [-0.05, 0) is 36.2 Å². The van der Waals surface area contributed by atoms with E-state index >= 15 is 0 Å². The maximum absolute atomic E-state index is 12.2. The molecule has 0 aromatic heterocycles. The number of carbonyl (C=O) groups excluding carboxylic acids is 3. The van der Waals surface area contributed by atoms with Crippen LogP contribution in [0.2, 0.25) is 0 Å². The van der Waals surface area contributed by atoms with E-state index in [1.165, 1.54) is 31.4 Å². The number of carbonyl (C=O) groups is 3. The molecule has 1 atom stereocenters. The van der Waals surface area contributed by atoms with E-state index in [9.17, 15) is 14.4 Å². The predicted molar refractivity (Wildman–Crippen MR) is 105 cm³/mol. The molecule has 0 saturated heterocycles. The Morgan fingerprint density at radius 3 is 2.11 bits per heavy atom. The molecule has 0 bridgehead atoms. The molecule has 0 saturated carbocycles.